The van der Waals surface area contributed by atoms with Crippen molar-refractivity contribution in [3.05, 3.63) is 29.8 Å². The molecule has 1 aromatic carbocycles. The number of fused-ring (bicyclic) bond motifs is 1. The monoisotopic (exact) mass is 384 g/mol. The Balaban J connectivity index is 1.63. The predicted octanol–water partition coefficient (Wildman–Crippen LogP) is 0.295. The smallest absolute Gasteiger partial charge is 0.239 e. The van der Waals surface area contributed by atoms with Gasteiger partial charge in [0.25, 0.3) is 0 Å². The van der Waals surface area contributed by atoms with Crippen molar-refractivity contribution in [2.45, 2.75) is 43.9 Å². The first-order chi connectivity index (χ1) is 13.5. The van der Waals surface area contributed by atoms with E-state index in [0.29, 0.717) is 25.9 Å². The summed E-state index contributed by atoms with van der Waals surface area (Å²) in [7, 11) is 2.05. The van der Waals surface area contributed by atoms with E-state index in [1.54, 1.807) is 12.1 Å². The quantitative estimate of drug-likeness (QED) is 0.614. The molecule has 28 heavy (non-hydrogen) atoms. The van der Waals surface area contributed by atoms with Crippen molar-refractivity contribution in [2.75, 3.05) is 26.7 Å². The molecule has 2 saturated heterocycles. The number of nitrogens with one attached hydrogen (secondary N) is 2. The maximum Gasteiger partial charge on any atom is 0.239 e. The van der Waals surface area contributed by atoms with Gasteiger partial charge in [-0.3, -0.25) is 19.4 Å². The molecule has 3 rings (SSSR count). The summed E-state index contributed by atoms with van der Waals surface area (Å²) >= 11 is 0. The molecule has 2 amide bonds. The Bertz CT molecular complexity index is 743. The van der Waals surface area contributed by atoms with E-state index in [4.69, 9.17) is 6.42 Å². The number of hydrogen-bond donors (Lipinski definition) is 3. The minimum atomic E-state index is -0.209. The molecule has 3 atom stereocenters. The van der Waals surface area contributed by atoms with E-state index in [1.165, 1.54) is 0 Å². The van der Waals surface area contributed by atoms with Crippen molar-refractivity contribution in [2.24, 2.45) is 0 Å². The van der Waals surface area contributed by atoms with Gasteiger partial charge in [-0.05, 0) is 37.6 Å². The molecular weight excluding hydrogens is 356 g/mol. The number of likely N-dealkylation sites (tertiary alicyclic amines) is 1. The molecule has 150 valence electrons. The zero-order valence-corrected chi connectivity index (χ0v) is 16.2. The van der Waals surface area contributed by atoms with E-state index in [2.05, 4.69) is 26.4 Å². The summed E-state index contributed by atoms with van der Waals surface area (Å²) in [5, 5.41) is 15.2. The largest absolute Gasteiger partial charge is 0.508 e. The van der Waals surface area contributed by atoms with Crippen LogP contribution in [0.5, 0.6) is 5.75 Å². The molecule has 1 aromatic rings. The molecule has 0 aliphatic carbocycles. The second-order valence-corrected chi connectivity index (χ2v) is 7.52. The van der Waals surface area contributed by atoms with Crippen LogP contribution in [0.2, 0.25) is 0 Å². The Kier molecular flexibility index (Phi) is 6.55. The molecule has 0 bridgehead atoms. The van der Waals surface area contributed by atoms with Gasteiger partial charge in [0, 0.05) is 38.1 Å². The number of likely N-dealkylation sites (N-methyl/N-ethyl adjacent to an activating group) is 1. The molecule has 0 aromatic heterocycles. The zero-order chi connectivity index (χ0) is 20.1. The van der Waals surface area contributed by atoms with E-state index < -0.39 is 0 Å². The van der Waals surface area contributed by atoms with E-state index in [1.807, 2.05) is 19.2 Å². The maximum absolute atomic E-state index is 12.8. The first kappa shape index (κ1) is 20.2. The van der Waals surface area contributed by atoms with Crippen molar-refractivity contribution in [3.63, 3.8) is 0 Å². The normalized spacial score (nSPS) is 25.4. The number of phenols is 1. The van der Waals surface area contributed by atoms with Crippen LogP contribution in [0.1, 0.15) is 24.8 Å². The van der Waals surface area contributed by atoms with Gasteiger partial charge in [-0.2, -0.15) is 0 Å². The van der Waals surface area contributed by atoms with Crippen molar-refractivity contribution < 1.29 is 14.7 Å². The first-order valence-corrected chi connectivity index (χ1v) is 9.71. The molecule has 2 fully saturated rings. The molecule has 2 aliphatic heterocycles. The Morgan fingerprint density at radius 1 is 1.39 bits per heavy atom. The number of amides is 2. The lowest BCUT2D eigenvalue weighted by Gasteiger charge is -2.33. The van der Waals surface area contributed by atoms with Gasteiger partial charge in [-0.1, -0.05) is 18.1 Å². The van der Waals surface area contributed by atoms with Crippen molar-refractivity contribution >= 4 is 11.8 Å². The van der Waals surface area contributed by atoms with Gasteiger partial charge in [0.05, 0.1) is 6.54 Å². The minimum absolute atomic E-state index is 0.0485. The highest BCUT2D eigenvalue weighted by Crippen LogP contribution is 2.28. The summed E-state index contributed by atoms with van der Waals surface area (Å²) < 4.78 is 0. The number of carbonyl (C=O) groups is 2. The number of phenolic OH excluding ortho intramolecular Hbond substituents is 1. The second kappa shape index (κ2) is 9.09. The molecule has 0 spiro atoms. The Hall–Kier alpha value is -2.56. The topological polar surface area (TPSA) is 84.9 Å². The van der Waals surface area contributed by atoms with Gasteiger partial charge >= 0.3 is 0 Å². The number of benzene rings is 1. The van der Waals surface area contributed by atoms with Crippen molar-refractivity contribution in [3.8, 4) is 18.1 Å². The van der Waals surface area contributed by atoms with Crippen LogP contribution in [0.3, 0.4) is 0 Å². The highest BCUT2D eigenvalue weighted by Gasteiger charge is 2.44. The lowest BCUT2D eigenvalue weighted by Crippen LogP contribution is -2.49. The highest BCUT2D eigenvalue weighted by molar-refractivity contribution is 5.83. The van der Waals surface area contributed by atoms with E-state index in [0.717, 1.165) is 18.5 Å². The third-order valence-electron chi connectivity index (χ3n) is 5.76. The van der Waals surface area contributed by atoms with Crippen LogP contribution in [0.25, 0.3) is 0 Å². The van der Waals surface area contributed by atoms with Crippen molar-refractivity contribution in [1.29, 1.82) is 0 Å². The van der Waals surface area contributed by atoms with Crippen LogP contribution in [0, 0.1) is 12.3 Å². The summed E-state index contributed by atoms with van der Waals surface area (Å²) in [4.78, 5) is 29.1. The highest BCUT2D eigenvalue weighted by atomic mass is 16.3. The van der Waals surface area contributed by atoms with Gasteiger partial charge in [0.1, 0.15) is 11.8 Å². The average molecular weight is 384 g/mol. The number of rotatable bonds is 6. The Morgan fingerprint density at radius 2 is 2.14 bits per heavy atom. The van der Waals surface area contributed by atoms with Gasteiger partial charge in [-0.15, -0.1) is 6.42 Å². The first-order valence-electron chi connectivity index (χ1n) is 9.71. The number of aromatic hydroxyl groups is 1. The SMILES string of the molecule is C#CCNC(=O)CC[C@H]1CNC(=O)[C@@H]2[C@@H](CCN2Cc2ccc(O)cc2)N1C. The maximum atomic E-state index is 12.8. The summed E-state index contributed by atoms with van der Waals surface area (Å²) in [6, 6.07) is 7.14. The number of carbonyl (C=O) groups excluding carboxylic acids is 2. The second-order valence-electron chi connectivity index (χ2n) is 7.52. The van der Waals surface area contributed by atoms with Gasteiger partial charge in [-0.25, -0.2) is 0 Å². The molecule has 7 nitrogen and oxygen atoms in total. The fourth-order valence-corrected chi connectivity index (χ4v) is 4.20. The number of nitrogens with zero attached hydrogens (tertiary/aromatic N) is 2. The fraction of sp³-hybridized carbons (Fsp3) is 0.524. The zero-order valence-electron chi connectivity index (χ0n) is 16.2. The third-order valence-corrected chi connectivity index (χ3v) is 5.76. The van der Waals surface area contributed by atoms with Crippen LogP contribution >= 0.6 is 0 Å². The van der Waals surface area contributed by atoms with Crippen LogP contribution < -0.4 is 10.6 Å². The van der Waals surface area contributed by atoms with E-state index in [-0.39, 0.29) is 42.2 Å². The van der Waals surface area contributed by atoms with Crippen LogP contribution in [-0.4, -0.2) is 71.5 Å². The lowest BCUT2D eigenvalue weighted by atomic mass is 10.0. The summed E-state index contributed by atoms with van der Waals surface area (Å²) in [5.41, 5.74) is 1.07. The Labute approximate surface area is 166 Å². The summed E-state index contributed by atoms with van der Waals surface area (Å²) in [5.74, 6) is 2.63. The van der Waals surface area contributed by atoms with Crippen LogP contribution in [0.15, 0.2) is 24.3 Å². The molecule has 0 radical (unpaired) electrons. The minimum Gasteiger partial charge on any atom is -0.508 e. The van der Waals surface area contributed by atoms with E-state index in [9.17, 15) is 14.7 Å². The van der Waals surface area contributed by atoms with Crippen LogP contribution in [-0.2, 0) is 16.1 Å². The van der Waals surface area contributed by atoms with E-state index >= 15 is 0 Å². The van der Waals surface area contributed by atoms with Gasteiger partial charge < -0.3 is 15.7 Å². The lowest BCUT2D eigenvalue weighted by molar-refractivity contribution is -0.126. The number of terminal acetylenes is 1. The summed E-state index contributed by atoms with van der Waals surface area (Å²) in [6.45, 7) is 2.29. The molecule has 2 heterocycles. The predicted molar refractivity (Wildman–Crippen MR) is 106 cm³/mol. The number of hydrogen-bond acceptors (Lipinski definition) is 5. The standard InChI is InChI=1S/C21H28N4O3/c1-3-11-22-19(27)9-6-16-13-23-21(28)20-18(24(16)2)10-12-25(20)14-15-4-7-17(26)8-5-15/h1,4-5,7-8,16,18,20,26H,6,9-14H2,2H3,(H,22,27)(H,23,28)/t16-,18+,20-/m0/s1. The summed E-state index contributed by atoms with van der Waals surface area (Å²) in [6.07, 6.45) is 7.14. The molecule has 2 aliphatic rings. The van der Waals surface area contributed by atoms with Gasteiger partial charge in [0.2, 0.25) is 11.8 Å². The molecule has 7 heteroatoms. The molecule has 0 saturated carbocycles. The molecule has 0 unspecified atom stereocenters. The van der Waals surface area contributed by atoms with Crippen molar-refractivity contribution in [1.82, 2.24) is 20.4 Å². The Morgan fingerprint density at radius 3 is 2.86 bits per heavy atom. The molecular formula is C21H28N4O3. The fourth-order valence-electron chi connectivity index (χ4n) is 4.20. The molecule has 3 N–H and O–H groups in total. The third kappa shape index (κ3) is 4.64. The average Bonchev–Trinajstić information content (AvgIpc) is 3.06. The van der Waals surface area contributed by atoms with Gasteiger partial charge in [0.15, 0.2) is 0 Å². The van der Waals surface area contributed by atoms with Crippen LogP contribution in [0.4, 0.5) is 0 Å².